The molecule has 0 amide bonds. The number of rotatable bonds is 4. The molecule has 2 rings (SSSR count). The Labute approximate surface area is 106 Å². The summed E-state index contributed by atoms with van der Waals surface area (Å²) in [6, 6.07) is 9.16. The summed E-state index contributed by atoms with van der Waals surface area (Å²) < 4.78 is 10.4. The molecule has 0 spiro atoms. The molecule has 0 aliphatic carbocycles. The van der Waals surface area contributed by atoms with Gasteiger partial charge in [0.1, 0.15) is 5.82 Å². The highest BCUT2D eigenvalue weighted by Crippen LogP contribution is 2.30. The monoisotopic (exact) mass is 245 g/mol. The highest BCUT2D eigenvalue weighted by Gasteiger charge is 2.04. The number of nitrogens with one attached hydrogen (secondary N) is 1. The summed E-state index contributed by atoms with van der Waals surface area (Å²) in [7, 11) is 3.20. The summed E-state index contributed by atoms with van der Waals surface area (Å²) in [6.45, 7) is 0. The first kappa shape index (κ1) is 12.0. The molecule has 0 aliphatic rings. The number of methoxy groups -OCH3 is 2. The van der Waals surface area contributed by atoms with Crippen molar-refractivity contribution in [1.29, 1.82) is 0 Å². The van der Waals surface area contributed by atoms with Crippen LogP contribution in [0.25, 0.3) is 0 Å². The van der Waals surface area contributed by atoms with Gasteiger partial charge < -0.3 is 20.5 Å². The molecule has 0 saturated carbocycles. The minimum atomic E-state index is 0.632. The third-order valence-electron chi connectivity index (χ3n) is 2.44. The number of hydrogen-bond donors (Lipinski definition) is 2. The molecule has 0 saturated heterocycles. The second-order valence-corrected chi connectivity index (χ2v) is 3.67. The minimum absolute atomic E-state index is 0.632. The fraction of sp³-hybridized carbons (Fsp3) is 0.154. The van der Waals surface area contributed by atoms with Gasteiger partial charge in [0.25, 0.3) is 0 Å². The number of nitrogen functional groups attached to an aromatic ring is 1. The predicted molar refractivity (Wildman–Crippen MR) is 71.5 cm³/mol. The van der Waals surface area contributed by atoms with E-state index >= 15 is 0 Å². The van der Waals surface area contributed by atoms with Crippen molar-refractivity contribution in [2.45, 2.75) is 0 Å². The Morgan fingerprint density at radius 3 is 2.44 bits per heavy atom. The zero-order valence-electron chi connectivity index (χ0n) is 10.3. The van der Waals surface area contributed by atoms with Gasteiger partial charge >= 0.3 is 0 Å². The molecule has 0 fully saturated rings. The zero-order valence-corrected chi connectivity index (χ0v) is 10.3. The van der Waals surface area contributed by atoms with Crippen LogP contribution in [0.5, 0.6) is 11.5 Å². The topological polar surface area (TPSA) is 69.4 Å². The summed E-state index contributed by atoms with van der Waals surface area (Å²) in [5, 5.41) is 3.15. The molecule has 2 aromatic rings. The molecule has 94 valence electrons. The van der Waals surface area contributed by atoms with E-state index in [0.29, 0.717) is 17.2 Å². The first-order valence-electron chi connectivity index (χ1n) is 5.43. The molecule has 5 nitrogen and oxygen atoms in total. The highest BCUT2D eigenvalue weighted by atomic mass is 16.5. The van der Waals surface area contributed by atoms with E-state index in [0.717, 1.165) is 11.5 Å². The average molecular weight is 245 g/mol. The lowest BCUT2D eigenvalue weighted by Crippen LogP contribution is -1.96. The summed E-state index contributed by atoms with van der Waals surface area (Å²) >= 11 is 0. The quantitative estimate of drug-likeness (QED) is 0.865. The Hall–Kier alpha value is -2.43. The smallest absolute Gasteiger partial charge is 0.162 e. The van der Waals surface area contributed by atoms with E-state index in [2.05, 4.69) is 10.3 Å². The van der Waals surface area contributed by atoms with E-state index in [1.807, 2.05) is 24.3 Å². The summed E-state index contributed by atoms with van der Waals surface area (Å²) in [5.41, 5.74) is 7.07. The van der Waals surface area contributed by atoms with Crippen LogP contribution in [0.15, 0.2) is 36.5 Å². The molecule has 1 aromatic heterocycles. The molecule has 3 N–H and O–H groups in total. The van der Waals surface area contributed by atoms with Crippen molar-refractivity contribution in [3.8, 4) is 11.5 Å². The third kappa shape index (κ3) is 2.63. The van der Waals surface area contributed by atoms with Crippen molar-refractivity contribution in [1.82, 2.24) is 4.98 Å². The number of nitrogens with two attached hydrogens (primary N) is 1. The third-order valence-corrected chi connectivity index (χ3v) is 2.44. The molecule has 0 bridgehead atoms. The van der Waals surface area contributed by atoms with Crippen LogP contribution in [0.2, 0.25) is 0 Å². The Kier molecular flexibility index (Phi) is 3.52. The normalized spacial score (nSPS) is 9.89. The number of nitrogens with zero attached hydrogens (tertiary/aromatic N) is 1. The lowest BCUT2D eigenvalue weighted by molar-refractivity contribution is 0.355. The van der Waals surface area contributed by atoms with E-state index < -0.39 is 0 Å². The van der Waals surface area contributed by atoms with E-state index in [1.165, 1.54) is 0 Å². The van der Waals surface area contributed by atoms with E-state index in [-0.39, 0.29) is 0 Å². The zero-order chi connectivity index (χ0) is 13.0. The summed E-state index contributed by atoms with van der Waals surface area (Å²) in [4.78, 5) is 4.16. The maximum atomic E-state index is 5.58. The van der Waals surface area contributed by atoms with E-state index in [1.54, 1.807) is 26.5 Å². The SMILES string of the molecule is COc1ccc(Nc2ccc(N)cn2)cc1OC. The van der Waals surface area contributed by atoms with Gasteiger partial charge in [0, 0.05) is 11.8 Å². The van der Waals surface area contributed by atoms with E-state index in [9.17, 15) is 0 Å². The van der Waals surface area contributed by atoms with Crippen molar-refractivity contribution in [3.05, 3.63) is 36.5 Å². The standard InChI is InChI=1S/C13H15N3O2/c1-17-11-5-4-10(7-12(11)18-2)16-13-6-3-9(14)8-15-13/h3-8H,14H2,1-2H3,(H,15,16). The predicted octanol–water partition coefficient (Wildman–Crippen LogP) is 2.42. The van der Waals surface area contributed by atoms with Crippen molar-refractivity contribution in [2.24, 2.45) is 0 Å². The van der Waals surface area contributed by atoms with Crippen LogP contribution >= 0.6 is 0 Å². The number of benzene rings is 1. The molecule has 0 radical (unpaired) electrons. The number of aromatic nitrogens is 1. The van der Waals surface area contributed by atoms with Crippen LogP contribution < -0.4 is 20.5 Å². The molecular formula is C13H15N3O2. The van der Waals surface area contributed by atoms with Gasteiger partial charge in [0.15, 0.2) is 11.5 Å². The Bertz CT molecular complexity index is 526. The van der Waals surface area contributed by atoms with Crippen LogP contribution in [0.4, 0.5) is 17.2 Å². The molecule has 0 unspecified atom stereocenters. The van der Waals surface area contributed by atoms with Gasteiger partial charge in [-0.2, -0.15) is 0 Å². The lowest BCUT2D eigenvalue weighted by Gasteiger charge is -2.10. The molecule has 18 heavy (non-hydrogen) atoms. The van der Waals surface area contributed by atoms with Gasteiger partial charge in [-0.25, -0.2) is 4.98 Å². The fourth-order valence-electron chi connectivity index (χ4n) is 1.54. The molecule has 0 aliphatic heterocycles. The minimum Gasteiger partial charge on any atom is -0.493 e. The van der Waals surface area contributed by atoms with Crippen molar-refractivity contribution >= 4 is 17.2 Å². The number of pyridine rings is 1. The second kappa shape index (κ2) is 5.27. The van der Waals surface area contributed by atoms with Crippen LogP contribution in [0.3, 0.4) is 0 Å². The van der Waals surface area contributed by atoms with Crippen LogP contribution in [0.1, 0.15) is 0 Å². The van der Waals surface area contributed by atoms with Crippen molar-refractivity contribution in [2.75, 3.05) is 25.3 Å². The Morgan fingerprint density at radius 1 is 1.06 bits per heavy atom. The van der Waals surface area contributed by atoms with E-state index in [4.69, 9.17) is 15.2 Å². The highest BCUT2D eigenvalue weighted by molar-refractivity contribution is 5.62. The maximum Gasteiger partial charge on any atom is 0.162 e. The summed E-state index contributed by atoms with van der Waals surface area (Å²) in [6.07, 6.45) is 1.60. The lowest BCUT2D eigenvalue weighted by atomic mass is 10.2. The van der Waals surface area contributed by atoms with Crippen LogP contribution in [-0.4, -0.2) is 19.2 Å². The number of ether oxygens (including phenoxy) is 2. The molecular weight excluding hydrogens is 230 g/mol. The Balaban J connectivity index is 2.21. The maximum absolute atomic E-state index is 5.58. The fourth-order valence-corrected chi connectivity index (χ4v) is 1.54. The molecule has 0 atom stereocenters. The summed E-state index contributed by atoms with van der Waals surface area (Å²) in [5.74, 6) is 2.07. The first-order chi connectivity index (χ1) is 8.72. The Morgan fingerprint density at radius 2 is 1.83 bits per heavy atom. The van der Waals surface area contributed by atoms with Gasteiger partial charge in [-0.1, -0.05) is 0 Å². The van der Waals surface area contributed by atoms with Gasteiger partial charge in [-0.3, -0.25) is 0 Å². The van der Waals surface area contributed by atoms with Crippen LogP contribution in [0, 0.1) is 0 Å². The first-order valence-corrected chi connectivity index (χ1v) is 5.43. The average Bonchev–Trinajstić information content (AvgIpc) is 2.41. The largest absolute Gasteiger partial charge is 0.493 e. The van der Waals surface area contributed by atoms with Crippen LogP contribution in [-0.2, 0) is 0 Å². The molecule has 1 heterocycles. The number of hydrogen-bond acceptors (Lipinski definition) is 5. The van der Waals surface area contributed by atoms with Gasteiger partial charge in [0.2, 0.25) is 0 Å². The van der Waals surface area contributed by atoms with Crippen molar-refractivity contribution < 1.29 is 9.47 Å². The van der Waals surface area contributed by atoms with Crippen molar-refractivity contribution in [3.63, 3.8) is 0 Å². The second-order valence-electron chi connectivity index (χ2n) is 3.67. The molecule has 5 heteroatoms. The number of anilines is 3. The van der Waals surface area contributed by atoms with Gasteiger partial charge in [0.05, 0.1) is 26.1 Å². The van der Waals surface area contributed by atoms with Gasteiger partial charge in [-0.15, -0.1) is 0 Å². The van der Waals surface area contributed by atoms with Gasteiger partial charge in [-0.05, 0) is 24.3 Å². The molecule has 1 aromatic carbocycles.